The van der Waals surface area contributed by atoms with Crippen LogP contribution in [0.2, 0.25) is 0 Å². The van der Waals surface area contributed by atoms with Gasteiger partial charge in [-0.05, 0) is 62.1 Å². The first-order valence-electron chi connectivity index (χ1n) is 7.24. The second kappa shape index (κ2) is 5.31. The van der Waals surface area contributed by atoms with Gasteiger partial charge in [-0.1, -0.05) is 18.2 Å². The standard InChI is InChI=1S/C16H23NO/c1-18-15-5-3-2-4-12(15)10-11-17-16(13-6-7-13)14-8-9-14/h2-5,13-14,16-17H,6-11H2,1H3. The molecule has 2 aliphatic carbocycles. The SMILES string of the molecule is COc1ccccc1CCNC(C1CC1)C1CC1. The highest BCUT2D eigenvalue weighted by atomic mass is 16.5. The zero-order valence-corrected chi connectivity index (χ0v) is 11.2. The molecule has 2 aliphatic rings. The van der Waals surface area contributed by atoms with Gasteiger partial charge < -0.3 is 10.1 Å². The maximum absolute atomic E-state index is 5.39. The molecule has 0 atom stereocenters. The van der Waals surface area contributed by atoms with Gasteiger partial charge in [0.15, 0.2) is 0 Å². The number of nitrogens with one attached hydrogen (secondary N) is 1. The van der Waals surface area contributed by atoms with Crippen LogP contribution in [0, 0.1) is 11.8 Å². The number of methoxy groups -OCH3 is 1. The van der Waals surface area contributed by atoms with Gasteiger partial charge in [-0.3, -0.25) is 0 Å². The fourth-order valence-corrected chi connectivity index (χ4v) is 2.91. The van der Waals surface area contributed by atoms with Crippen LogP contribution in [0.5, 0.6) is 5.75 Å². The highest BCUT2D eigenvalue weighted by Gasteiger charge is 2.40. The Morgan fingerprint density at radius 2 is 1.83 bits per heavy atom. The highest BCUT2D eigenvalue weighted by molar-refractivity contribution is 5.33. The summed E-state index contributed by atoms with van der Waals surface area (Å²) < 4.78 is 5.39. The van der Waals surface area contributed by atoms with E-state index in [1.54, 1.807) is 7.11 Å². The lowest BCUT2D eigenvalue weighted by Gasteiger charge is -2.18. The number of hydrogen-bond acceptors (Lipinski definition) is 2. The third-order valence-corrected chi connectivity index (χ3v) is 4.23. The molecule has 0 spiro atoms. The molecule has 2 fully saturated rings. The minimum Gasteiger partial charge on any atom is -0.496 e. The van der Waals surface area contributed by atoms with Crippen molar-refractivity contribution in [3.05, 3.63) is 29.8 Å². The molecule has 0 aromatic heterocycles. The number of hydrogen-bond donors (Lipinski definition) is 1. The molecule has 2 nitrogen and oxygen atoms in total. The van der Waals surface area contributed by atoms with Crippen molar-refractivity contribution in [2.45, 2.75) is 38.1 Å². The molecule has 18 heavy (non-hydrogen) atoms. The van der Waals surface area contributed by atoms with Crippen LogP contribution < -0.4 is 10.1 Å². The Morgan fingerprint density at radius 3 is 2.44 bits per heavy atom. The van der Waals surface area contributed by atoms with Crippen molar-refractivity contribution >= 4 is 0 Å². The van der Waals surface area contributed by atoms with E-state index in [-0.39, 0.29) is 0 Å². The first kappa shape index (κ1) is 12.0. The molecular formula is C16H23NO. The molecule has 0 aliphatic heterocycles. The van der Waals surface area contributed by atoms with Crippen LogP contribution in [0.1, 0.15) is 31.2 Å². The summed E-state index contributed by atoms with van der Waals surface area (Å²) in [5.41, 5.74) is 1.32. The Bertz CT molecular complexity index is 384. The van der Waals surface area contributed by atoms with E-state index in [2.05, 4.69) is 23.5 Å². The quantitative estimate of drug-likeness (QED) is 0.797. The smallest absolute Gasteiger partial charge is 0.122 e. The van der Waals surface area contributed by atoms with Crippen molar-refractivity contribution in [1.82, 2.24) is 5.32 Å². The van der Waals surface area contributed by atoms with Crippen LogP contribution in [0.25, 0.3) is 0 Å². The molecule has 1 aromatic carbocycles. The third kappa shape index (κ3) is 2.86. The molecule has 0 saturated heterocycles. The minimum absolute atomic E-state index is 0.805. The van der Waals surface area contributed by atoms with Gasteiger partial charge in [-0.2, -0.15) is 0 Å². The molecule has 0 heterocycles. The molecule has 3 rings (SSSR count). The zero-order chi connectivity index (χ0) is 12.4. The van der Waals surface area contributed by atoms with Crippen molar-refractivity contribution in [3.8, 4) is 5.75 Å². The Balaban J connectivity index is 1.51. The Labute approximate surface area is 110 Å². The topological polar surface area (TPSA) is 21.3 Å². The van der Waals surface area contributed by atoms with Gasteiger partial charge >= 0.3 is 0 Å². The fraction of sp³-hybridized carbons (Fsp3) is 0.625. The first-order chi connectivity index (χ1) is 8.88. The van der Waals surface area contributed by atoms with Crippen LogP contribution in [0.3, 0.4) is 0 Å². The molecule has 1 aromatic rings. The predicted molar refractivity (Wildman–Crippen MR) is 73.9 cm³/mol. The second-order valence-electron chi connectivity index (χ2n) is 5.72. The summed E-state index contributed by atoms with van der Waals surface area (Å²) in [6.45, 7) is 1.08. The summed E-state index contributed by atoms with van der Waals surface area (Å²) in [5.74, 6) is 2.99. The lowest BCUT2D eigenvalue weighted by molar-refractivity contribution is 0.401. The fourth-order valence-electron chi connectivity index (χ4n) is 2.91. The number of ether oxygens (including phenoxy) is 1. The predicted octanol–water partition coefficient (Wildman–Crippen LogP) is 3.02. The van der Waals surface area contributed by atoms with Crippen LogP contribution in [0.15, 0.2) is 24.3 Å². The maximum atomic E-state index is 5.39. The van der Waals surface area contributed by atoms with Crippen LogP contribution in [0.4, 0.5) is 0 Å². The van der Waals surface area contributed by atoms with Gasteiger partial charge in [-0.15, -0.1) is 0 Å². The zero-order valence-electron chi connectivity index (χ0n) is 11.2. The average molecular weight is 245 g/mol. The van der Waals surface area contributed by atoms with Crippen molar-refractivity contribution < 1.29 is 4.74 Å². The van der Waals surface area contributed by atoms with Gasteiger partial charge in [0.25, 0.3) is 0 Å². The maximum Gasteiger partial charge on any atom is 0.122 e. The molecule has 0 unspecified atom stereocenters. The van der Waals surface area contributed by atoms with E-state index < -0.39 is 0 Å². The summed E-state index contributed by atoms with van der Waals surface area (Å²) in [6, 6.07) is 9.15. The van der Waals surface area contributed by atoms with E-state index in [1.807, 2.05) is 6.07 Å². The Hall–Kier alpha value is -1.02. The molecule has 0 radical (unpaired) electrons. The molecule has 2 heteroatoms. The van der Waals surface area contributed by atoms with E-state index in [1.165, 1.54) is 31.2 Å². The average Bonchev–Trinajstić information content (AvgIpc) is 3.28. The van der Waals surface area contributed by atoms with E-state index in [0.717, 1.165) is 36.6 Å². The van der Waals surface area contributed by atoms with Crippen LogP contribution in [-0.2, 0) is 6.42 Å². The summed E-state index contributed by atoms with van der Waals surface area (Å²) >= 11 is 0. The number of benzene rings is 1. The highest BCUT2D eigenvalue weighted by Crippen LogP contribution is 2.44. The third-order valence-electron chi connectivity index (χ3n) is 4.23. The van der Waals surface area contributed by atoms with E-state index in [9.17, 15) is 0 Å². The first-order valence-corrected chi connectivity index (χ1v) is 7.24. The van der Waals surface area contributed by atoms with Crippen LogP contribution >= 0.6 is 0 Å². The normalized spacial score (nSPS) is 19.2. The lowest BCUT2D eigenvalue weighted by atomic mass is 10.1. The summed E-state index contributed by atoms with van der Waals surface area (Å²) in [6.07, 6.45) is 6.86. The Morgan fingerprint density at radius 1 is 1.17 bits per heavy atom. The monoisotopic (exact) mass is 245 g/mol. The minimum atomic E-state index is 0.805. The summed E-state index contributed by atoms with van der Waals surface area (Å²) in [4.78, 5) is 0. The van der Waals surface area contributed by atoms with Gasteiger partial charge in [0.1, 0.15) is 5.75 Å². The summed E-state index contributed by atoms with van der Waals surface area (Å²) in [7, 11) is 1.75. The van der Waals surface area contributed by atoms with E-state index >= 15 is 0 Å². The van der Waals surface area contributed by atoms with Gasteiger partial charge in [-0.25, -0.2) is 0 Å². The van der Waals surface area contributed by atoms with Crippen LogP contribution in [-0.4, -0.2) is 19.7 Å². The van der Waals surface area contributed by atoms with Crippen molar-refractivity contribution in [2.75, 3.05) is 13.7 Å². The van der Waals surface area contributed by atoms with Crippen molar-refractivity contribution in [3.63, 3.8) is 0 Å². The molecular weight excluding hydrogens is 222 g/mol. The van der Waals surface area contributed by atoms with Gasteiger partial charge in [0.2, 0.25) is 0 Å². The second-order valence-corrected chi connectivity index (χ2v) is 5.72. The largest absolute Gasteiger partial charge is 0.496 e. The lowest BCUT2D eigenvalue weighted by Crippen LogP contribution is -2.34. The number of para-hydroxylation sites is 1. The van der Waals surface area contributed by atoms with E-state index in [4.69, 9.17) is 4.74 Å². The van der Waals surface area contributed by atoms with Gasteiger partial charge in [0.05, 0.1) is 7.11 Å². The molecule has 2 saturated carbocycles. The number of rotatable bonds is 7. The van der Waals surface area contributed by atoms with Crippen molar-refractivity contribution in [1.29, 1.82) is 0 Å². The Kier molecular flexibility index (Phi) is 3.55. The van der Waals surface area contributed by atoms with Crippen molar-refractivity contribution in [2.24, 2.45) is 11.8 Å². The molecule has 98 valence electrons. The molecule has 1 N–H and O–H groups in total. The summed E-state index contributed by atoms with van der Waals surface area (Å²) in [5, 5.41) is 3.79. The molecule has 0 bridgehead atoms. The van der Waals surface area contributed by atoms with E-state index in [0.29, 0.717) is 0 Å². The molecule has 0 amide bonds. The van der Waals surface area contributed by atoms with Gasteiger partial charge in [0, 0.05) is 6.04 Å².